The Hall–Kier alpha value is -4.07. The first kappa shape index (κ1) is 133. The summed E-state index contributed by atoms with van der Waals surface area (Å²) in [5.74, 6) is 5.75. The van der Waals surface area contributed by atoms with Crippen LogP contribution in [0, 0.1) is 110 Å². The third-order valence-corrected chi connectivity index (χ3v) is 22.3. The van der Waals surface area contributed by atoms with Gasteiger partial charge in [0.25, 0.3) is 0 Å². The van der Waals surface area contributed by atoms with Gasteiger partial charge in [-0.25, -0.2) is 43.3 Å². The van der Waals surface area contributed by atoms with Gasteiger partial charge >= 0.3 is 122 Å². The SMILES string of the molecule is CC(C)(C)C(=O)C(C)(C)C.CC(C)(C)CC(=O)c1ccc2n[c-]c(C(C)(C)C)nc2c1.CC(C)(C)CC(=O)c1ccc2nc(C(C)(C)C)[c-]nc2c1.CC(C)(C)CCS(=O)(=O)C(C)(C)C.CC(CC(C)(C)C)C(=O)CC(C)(C)C.Cc1nc(C(C)(C)C)nc(CC(C)(C)C)c1C.Cc1nc(C(C)(C)C)nc(CC(C)(C)C)c1[N+](=O)[O-].Cc1nc(CC(C)(C)C)nc(C(C)(C)C)n1.[Rb+].[Rb+]. The van der Waals surface area contributed by atoms with Crippen LogP contribution in [0.2, 0.25) is 0 Å². The van der Waals surface area contributed by atoms with Crippen LogP contribution >= 0.6 is 0 Å². The number of nitrogens with zero attached hydrogens (tertiary/aromatic N) is 12. The number of carbonyl (C=O) groups is 4. The zero-order chi connectivity index (χ0) is 104. The Kier molecular flexibility index (Phi) is 51.1. The average molecular weight is 2010 g/mol. The number of fused-ring (bicyclic) bond motifs is 2. The van der Waals surface area contributed by atoms with E-state index in [9.17, 15) is 37.7 Å². The van der Waals surface area contributed by atoms with Gasteiger partial charge in [-0.05, 0) is 145 Å². The molecular formula is C110H184N12O8Rb2S. The molecule has 20 nitrogen and oxygen atoms in total. The van der Waals surface area contributed by atoms with Crippen molar-refractivity contribution in [1.82, 2.24) is 54.8 Å². The monoisotopic (exact) mass is 2000 g/mol. The summed E-state index contributed by atoms with van der Waals surface area (Å²) in [4.78, 5) is 108. The van der Waals surface area contributed by atoms with Crippen molar-refractivity contribution in [2.75, 3.05) is 5.75 Å². The van der Waals surface area contributed by atoms with Gasteiger partial charge in [-0.1, -0.05) is 348 Å². The second-order valence-electron chi connectivity index (χ2n) is 54.0. The number of aromatic nitrogens is 11. The van der Waals surface area contributed by atoms with E-state index in [1.165, 1.54) is 11.3 Å². The third kappa shape index (κ3) is 54.5. The number of carbonyl (C=O) groups excluding carboxylic acids is 4. The van der Waals surface area contributed by atoms with Crippen LogP contribution in [0.5, 0.6) is 0 Å². The molecule has 23 heteroatoms. The van der Waals surface area contributed by atoms with Crippen molar-refractivity contribution in [2.24, 2.45) is 60.1 Å². The number of nitro groups is 1. The third-order valence-electron chi connectivity index (χ3n) is 19.7. The minimum atomic E-state index is -2.93. The van der Waals surface area contributed by atoms with Crippen LogP contribution in [-0.4, -0.2) is 102 Å². The molecule has 0 saturated carbocycles. The summed E-state index contributed by atoms with van der Waals surface area (Å²) < 4.78 is 22.8. The second kappa shape index (κ2) is 51.1. The van der Waals surface area contributed by atoms with E-state index >= 15 is 0 Å². The van der Waals surface area contributed by atoms with Crippen molar-refractivity contribution in [3.8, 4) is 0 Å². The second-order valence-corrected chi connectivity index (χ2v) is 56.9. The van der Waals surface area contributed by atoms with Crippen molar-refractivity contribution < 1.29 is 149 Å². The minimum Gasteiger partial charge on any atom is -0.448 e. The minimum absolute atomic E-state index is 0. The van der Waals surface area contributed by atoms with Crippen LogP contribution in [0.3, 0.4) is 0 Å². The largest absolute Gasteiger partial charge is 1.00 e. The summed E-state index contributed by atoms with van der Waals surface area (Å²) in [6.45, 7) is 109. The summed E-state index contributed by atoms with van der Waals surface area (Å²) in [6, 6.07) is 11.1. The number of benzene rings is 2. The van der Waals surface area contributed by atoms with E-state index in [1.54, 1.807) is 27.7 Å². The quantitative estimate of drug-likeness (QED) is 0.0448. The van der Waals surface area contributed by atoms with Crippen LogP contribution in [0.25, 0.3) is 22.1 Å². The molecule has 2 aromatic carbocycles. The molecule has 1 atom stereocenters. The normalized spacial score (nSPS) is 13.1. The number of ketones is 4. The summed E-state index contributed by atoms with van der Waals surface area (Å²) in [5.41, 5.74) is 10.8. The first-order valence-electron chi connectivity index (χ1n) is 47.1. The Morgan fingerprint density at radius 1 is 0.383 bits per heavy atom. The van der Waals surface area contributed by atoms with Gasteiger partial charge in [-0.15, -0.1) is 24.5 Å². The molecule has 0 spiro atoms. The van der Waals surface area contributed by atoms with Gasteiger partial charge in [0.1, 0.15) is 52.1 Å². The molecule has 5 aromatic heterocycles. The van der Waals surface area contributed by atoms with Gasteiger partial charge < -0.3 is 9.97 Å². The van der Waals surface area contributed by atoms with E-state index in [2.05, 4.69) is 311 Å². The van der Waals surface area contributed by atoms with Crippen molar-refractivity contribution in [1.29, 1.82) is 0 Å². The summed E-state index contributed by atoms with van der Waals surface area (Å²) >= 11 is 0. The molecule has 0 saturated heterocycles. The number of sulfone groups is 1. The van der Waals surface area contributed by atoms with Crippen LogP contribution in [0.15, 0.2) is 36.4 Å². The van der Waals surface area contributed by atoms with Crippen LogP contribution in [0.1, 0.15) is 461 Å². The number of Topliss-reactive ketones (excluding diaryl/α,β-unsaturated/α-hetero) is 4. The first-order chi connectivity index (χ1) is 57.7. The smallest absolute Gasteiger partial charge is 0.448 e. The standard InChI is InChI=1S/2C18H23N2O.C15H26N2.C14H23N3O2.C13H23N3.C13H26O.C10H22O2S.C9H18O.2Rb/c1-17(2,3)10-15(21)12-7-8-13-14(9-12)19-11-16(20-13)18(4,5)6;1-17(2,3)10-15(21)12-7-8-13-14(9-12)20-16(11-19-13)18(4,5)6;1-10-11(2)16-13(15(6,7)8)17-12(10)9-14(3,4)5;1-9-11(17(18)19)10(8-13(2,3)4)16-12(15-9)14(5,6)7;1-9-14-10(8-12(2,3)4)16-11(15-9)13(5,6)7;1-10(8-12(2,3)4)11(14)9-13(5,6)7;1-9(2,3)7-8-13(11,12)10(4,5)6;1-8(2,3)7(10)9(4,5)6;;/h2*7-9H,10H2,1-6H3;9H2,1-8H3;8H2,1-7H3;8H2,1-7H3;10H,8-9H2,1-7H3;7-8H2,1-6H3;1-6H3;;/q2*-1;;;;;;;2*+1. The van der Waals surface area contributed by atoms with Crippen LogP contribution < -0.4 is 116 Å². The van der Waals surface area contributed by atoms with Crippen molar-refractivity contribution in [2.45, 2.75) is 450 Å². The molecule has 0 N–H and O–H groups in total. The zero-order valence-corrected chi connectivity index (χ0v) is 106. The Morgan fingerprint density at radius 3 is 1.08 bits per heavy atom. The fourth-order valence-electron chi connectivity index (χ4n) is 12.7. The summed E-state index contributed by atoms with van der Waals surface area (Å²) in [7, 11) is -2.93. The zero-order valence-electron chi connectivity index (χ0n) is 94.9. The van der Waals surface area contributed by atoms with E-state index in [4.69, 9.17) is 4.98 Å². The number of hydrogen-bond acceptors (Lipinski definition) is 19. The van der Waals surface area contributed by atoms with Crippen molar-refractivity contribution in [3.05, 3.63) is 139 Å². The van der Waals surface area contributed by atoms with Crippen molar-refractivity contribution in [3.63, 3.8) is 0 Å². The molecule has 0 aliphatic carbocycles. The maximum atomic E-state index is 12.3. The van der Waals surface area contributed by atoms with Gasteiger partial charge in [-0.2, -0.15) is 0 Å². The van der Waals surface area contributed by atoms with Gasteiger partial charge in [0, 0.05) is 98.6 Å². The predicted octanol–water partition coefficient (Wildman–Crippen LogP) is 22.7. The fourth-order valence-corrected chi connectivity index (χ4v) is 14.2. The van der Waals surface area contributed by atoms with E-state index in [-0.39, 0.29) is 226 Å². The Labute approximate surface area is 908 Å². The number of hydrogen-bond donors (Lipinski definition) is 0. The molecule has 5 heterocycles. The molecule has 133 heavy (non-hydrogen) atoms. The Balaban J connectivity index is -0.00000146. The molecule has 0 aliphatic heterocycles. The molecule has 740 valence electrons. The topological polar surface area (TPSA) is 287 Å². The maximum absolute atomic E-state index is 12.3. The van der Waals surface area contributed by atoms with E-state index in [0.717, 1.165) is 88.1 Å². The Bertz CT molecular complexity index is 5040. The van der Waals surface area contributed by atoms with Gasteiger partial charge in [0.2, 0.25) is 0 Å². The maximum Gasteiger partial charge on any atom is 1.00 e. The molecular weight excluding hydrogens is 1820 g/mol. The molecule has 0 amide bonds. The number of rotatable bonds is 13. The molecule has 7 aromatic rings. The van der Waals surface area contributed by atoms with Gasteiger partial charge in [-0.3, -0.25) is 39.3 Å². The fraction of sp³-hybridized carbons (Fsp3) is 0.718. The first-order valence-corrected chi connectivity index (χ1v) is 48.8. The van der Waals surface area contributed by atoms with Crippen LogP contribution in [0.4, 0.5) is 5.69 Å². The molecule has 7 rings (SSSR count). The average Bonchev–Trinajstić information content (AvgIpc) is 0.825. The Morgan fingerprint density at radius 2 is 0.737 bits per heavy atom. The van der Waals surface area contributed by atoms with Gasteiger partial charge in [0.15, 0.2) is 21.4 Å². The molecule has 1 unspecified atom stereocenters. The van der Waals surface area contributed by atoms with E-state index < -0.39 is 14.6 Å². The molecule has 0 fully saturated rings. The van der Waals surface area contributed by atoms with E-state index in [1.807, 2.05) is 126 Å². The van der Waals surface area contributed by atoms with Crippen molar-refractivity contribution >= 4 is 60.7 Å². The van der Waals surface area contributed by atoms with E-state index in [0.29, 0.717) is 71.3 Å². The van der Waals surface area contributed by atoms with Gasteiger partial charge in [0.05, 0.1) is 15.4 Å². The molecule has 0 bridgehead atoms. The predicted molar refractivity (Wildman–Crippen MR) is 550 cm³/mol. The van der Waals surface area contributed by atoms with Crippen LogP contribution in [-0.2, 0) is 65.8 Å². The summed E-state index contributed by atoms with van der Waals surface area (Å²) in [5, 5.41) is 11.2. The number of aryl methyl sites for hydroxylation is 3. The molecule has 0 aliphatic rings. The molecule has 0 radical (unpaired) electrons. The summed E-state index contributed by atoms with van der Waals surface area (Å²) in [6.07, 6.45) is 11.9.